The van der Waals surface area contributed by atoms with Crippen LogP contribution in [0.4, 0.5) is 0 Å². The molecule has 2 heterocycles. The van der Waals surface area contributed by atoms with E-state index >= 15 is 0 Å². The molecule has 1 atom stereocenters. The summed E-state index contributed by atoms with van der Waals surface area (Å²) >= 11 is 0. The lowest BCUT2D eigenvalue weighted by Crippen LogP contribution is -2.14. The van der Waals surface area contributed by atoms with E-state index in [1.54, 1.807) is 6.20 Å². The number of aliphatic hydroxyl groups is 1. The van der Waals surface area contributed by atoms with Gasteiger partial charge in [0.25, 0.3) is 0 Å². The Morgan fingerprint density at radius 1 is 1.33 bits per heavy atom. The van der Waals surface area contributed by atoms with Crippen LogP contribution in [0.5, 0.6) is 5.75 Å². The summed E-state index contributed by atoms with van der Waals surface area (Å²) < 4.78 is 5.51. The van der Waals surface area contributed by atoms with Crippen LogP contribution in [0.1, 0.15) is 18.1 Å². The first kappa shape index (κ1) is 8.68. The fraction of sp³-hybridized carbons (Fsp3) is 0.250. The average Bonchev–Trinajstić information content (AvgIpc) is 2.29. The minimum absolute atomic E-state index is 0.429. The molecule has 0 bridgehead atoms. The monoisotopic (exact) mass is 201 g/mol. The highest BCUT2D eigenvalue weighted by molar-refractivity contribution is 5.85. The van der Waals surface area contributed by atoms with Gasteiger partial charge in [-0.2, -0.15) is 0 Å². The smallest absolute Gasteiger partial charge is 0.125 e. The van der Waals surface area contributed by atoms with Crippen LogP contribution < -0.4 is 4.74 Å². The number of ether oxygens (including phenoxy) is 1. The molecular formula is C12H11NO2. The highest BCUT2D eigenvalue weighted by Crippen LogP contribution is 2.36. The van der Waals surface area contributed by atoms with Gasteiger partial charge < -0.3 is 9.84 Å². The number of fused-ring (bicyclic) bond motifs is 3. The largest absolute Gasteiger partial charge is 0.493 e. The molecule has 15 heavy (non-hydrogen) atoms. The van der Waals surface area contributed by atoms with Crippen LogP contribution in [-0.2, 0) is 0 Å². The van der Waals surface area contributed by atoms with Crippen LogP contribution >= 0.6 is 0 Å². The molecule has 0 saturated heterocycles. The SMILES string of the molecule is O[C@@H]1CCOc2ccc3ncccc3c21. The number of pyridine rings is 1. The Balaban J connectivity index is 2.35. The van der Waals surface area contributed by atoms with Gasteiger partial charge in [0.1, 0.15) is 5.75 Å². The van der Waals surface area contributed by atoms with E-state index in [4.69, 9.17) is 4.74 Å². The van der Waals surface area contributed by atoms with E-state index in [0.717, 1.165) is 22.2 Å². The van der Waals surface area contributed by atoms with E-state index in [0.29, 0.717) is 13.0 Å². The van der Waals surface area contributed by atoms with E-state index in [9.17, 15) is 5.11 Å². The van der Waals surface area contributed by atoms with Crippen molar-refractivity contribution >= 4 is 10.9 Å². The summed E-state index contributed by atoms with van der Waals surface area (Å²) in [6.45, 7) is 0.583. The van der Waals surface area contributed by atoms with Crippen LogP contribution in [0.15, 0.2) is 30.5 Å². The molecule has 0 amide bonds. The summed E-state index contributed by atoms with van der Waals surface area (Å²) in [4.78, 5) is 4.26. The fourth-order valence-corrected chi connectivity index (χ4v) is 2.05. The van der Waals surface area contributed by atoms with Gasteiger partial charge in [-0.3, -0.25) is 4.98 Å². The van der Waals surface area contributed by atoms with Crippen molar-refractivity contribution in [3.63, 3.8) is 0 Å². The van der Waals surface area contributed by atoms with Crippen molar-refractivity contribution in [2.45, 2.75) is 12.5 Å². The predicted octanol–water partition coefficient (Wildman–Crippen LogP) is 2.05. The molecule has 3 nitrogen and oxygen atoms in total. The zero-order chi connectivity index (χ0) is 10.3. The number of hydrogen-bond donors (Lipinski definition) is 1. The molecule has 1 aliphatic heterocycles. The molecular weight excluding hydrogens is 190 g/mol. The molecule has 0 radical (unpaired) electrons. The summed E-state index contributed by atoms with van der Waals surface area (Å²) in [6.07, 6.45) is 1.98. The van der Waals surface area contributed by atoms with Gasteiger partial charge in [0.2, 0.25) is 0 Å². The lowest BCUT2D eigenvalue weighted by molar-refractivity contribution is 0.117. The van der Waals surface area contributed by atoms with Crippen molar-refractivity contribution in [1.29, 1.82) is 0 Å². The quantitative estimate of drug-likeness (QED) is 0.709. The van der Waals surface area contributed by atoms with Gasteiger partial charge in [-0.25, -0.2) is 0 Å². The number of aromatic nitrogens is 1. The lowest BCUT2D eigenvalue weighted by Gasteiger charge is -2.23. The number of benzene rings is 1. The number of aliphatic hydroxyl groups excluding tert-OH is 1. The highest BCUT2D eigenvalue weighted by atomic mass is 16.5. The summed E-state index contributed by atoms with van der Waals surface area (Å²) in [5.74, 6) is 0.786. The average molecular weight is 201 g/mol. The maximum atomic E-state index is 9.95. The molecule has 0 unspecified atom stereocenters. The zero-order valence-electron chi connectivity index (χ0n) is 8.18. The second kappa shape index (κ2) is 3.21. The lowest BCUT2D eigenvalue weighted by atomic mass is 9.98. The third-order valence-corrected chi connectivity index (χ3v) is 2.77. The highest BCUT2D eigenvalue weighted by Gasteiger charge is 2.21. The molecule has 1 aliphatic rings. The minimum Gasteiger partial charge on any atom is -0.493 e. The molecule has 1 aromatic heterocycles. The van der Waals surface area contributed by atoms with Crippen LogP contribution in [0, 0.1) is 0 Å². The summed E-state index contributed by atoms with van der Waals surface area (Å²) in [7, 11) is 0. The molecule has 3 heteroatoms. The first-order chi connectivity index (χ1) is 7.36. The Kier molecular flexibility index (Phi) is 1.86. The summed E-state index contributed by atoms with van der Waals surface area (Å²) in [5.41, 5.74) is 1.78. The second-order valence-corrected chi connectivity index (χ2v) is 3.70. The van der Waals surface area contributed by atoms with Gasteiger partial charge in [-0.05, 0) is 18.2 Å². The third-order valence-electron chi connectivity index (χ3n) is 2.77. The van der Waals surface area contributed by atoms with E-state index in [1.807, 2.05) is 24.3 Å². The predicted molar refractivity (Wildman–Crippen MR) is 56.8 cm³/mol. The van der Waals surface area contributed by atoms with Gasteiger partial charge in [-0.15, -0.1) is 0 Å². The molecule has 0 spiro atoms. The van der Waals surface area contributed by atoms with Crippen LogP contribution in [0.25, 0.3) is 10.9 Å². The van der Waals surface area contributed by atoms with Crippen molar-refractivity contribution in [2.75, 3.05) is 6.61 Å². The van der Waals surface area contributed by atoms with Crippen molar-refractivity contribution in [1.82, 2.24) is 4.98 Å². The van der Waals surface area contributed by atoms with Gasteiger partial charge in [0.15, 0.2) is 0 Å². The van der Waals surface area contributed by atoms with Gasteiger partial charge >= 0.3 is 0 Å². The van der Waals surface area contributed by atoms with Crippen LogP contribution in [-0.4, -0.2) is 16.7 Å². The van der Waals surface area contributed by atoms with E-state index in [1.165, 1.54) is 0 Å². The Hall–Kier alpha value is -1.61. The number of rotatable bonds is 0. The summed E-state index contributed by atoms with van der Waals surface area (Å²) in [5, 5.41) is 10.9. The normalized spacial score (nSPS) is 19.7. The van der Waals surface area contributed by atoms with Gasteiger partial charge in [0.05, 0.1) is 18.2 Å². The van der Waals surface area contributed by atoms with Crippen molar-refractivity contribution in [3.05, 3.63) is 36.0 Å². The first-order valence-corrected chi connectivity index (χ1v) is 5.05. The molecule has 1 N–H and O–H groups in total. The Bertz CT molecular complexity index is 510. The molecule has 3 rings (SSSR count). The van der Waals surface area contributed by atoms with Gasteiger partial charge in [-0.1, -0.05) is 6.07 Å². The second-order valence-electron chi connectivity index (χ2n) is 3.70. The van der Waals surface area contributed by atoms with Crippen molar-refractivity contribution in [3.8, 4) is 5.75 Å². The Morgan fingerprint density at radius 2 is 2.27 bits per heavy atom. The molecule has 0 saturated carbocycles. The number of hydrogen-bond acceptors (Lipinski definition) is 3. The third kappa shape index (κ3) is 1.27. The Morgan fingerprint density at radius 3 is 3.20 bits per heavy atom. The van der Waals surface area contributed by atoms with Crippen molar-refractivity contribution in [2.24, 2.45) is 0 Å². The molecule has 0 fully saturated rings. The maximum absolute atomic E-state index is 9.95. The standard InChI is InChI=1S/C12H11NO2/c14-10-5-7-15-11-4-3-9-8(12(10)11)2-1-6-13-9/h1-4,6,10,14H,5,7H2/t10-/m1/s1. The topological polar surface area (TPSA) is 42.4 Å². The molecule has 2 aromatic rings. The van der Waals surface area contributed by atoms with Crippen LogP contribution in [0.3, 0.4) is 0 Å². The summed E-state index contributed by atoms with van der Waals surface area (Å²) in [6, 6.07) is 7.66. The molecule has 76 valence electrons. The number of nitrogens with zero attached hydrogens (tertiary/aromatic N) is 1. The van der Waals surface area contributed by atoms with E-state index in [-0.39, 0.29) is 0 Å². The fourth-order valence-electron chi connectivity index (χ4n) is 2.05. The van der Waals surface area contributed by atoms with Crippen LogP contribution in [0.2, 0.25) is 0 Å². The first-order valence-electron chi connectivity index (χ1n) is 5.05. The Labute approximate surface area is 87.3 Å². The van der Waals surface area contributed by atoms with Gasteiger partial charge in [0, 0.05) is 23.6 Å². The molecule has 0 aliphatic carbocycles. The minimum atomic E-state index is -0.429. The maximum Gasteiger partial charge on any atom is 0.125 e. The van der Waals surface area contributed by atoms with E-state index in [2.05, 4.69) is 4.98 Å². The van der Waals surface area contributed by atoms with Crippen molar-refractivity contribution < 1.29 is 9.84 Å². The van der Waals surface area contributed by atoms with E-state index < -0.39 is 6.10 Å². The molecule has 1 aromatic carbocycles. The zero-order valence-corrected chi connectivity index (χ0v) is 8.18.